The largest absolute Gasteiger partial charge is 0.493 e. The van der Waals surface area contributed by atoms with Crippen LogP contribution in [0.3, 0.4) is 0 Å². The molecule has 0 aliphatic carbocycles. The van der Waals surface area contributed by atoms with Gasteiger partial charge in [0.15, 0.2) is 5.11 Å². The molecule has 0 heterocycles. The fraction of sp³-hybridized carbons (Fsp3) is 0.231. The van der Waals surface area contributed by atoms with E-state index in [0.717, 1.165) is 17.2 Å². The fourth-order valence-electron chi connectivity index (χ4n) is 2.77. The van der Waals surface area contributed by atoms with Crippen molar-refractivity contribution in [2.45, 2.75) is 13.8 Å². The molecule has 0 saturated carbocycles. The Morgan fingerprint density at radius 2 is 1.33 bits per heavy atom. The normalized spacial score (nSPS) is 10.4. The average molecular weight is 465 g/mol. The van der Waals surface area contributed by atoms with E-state index in [1.807, 2.05) is 54.6 Å². The molecule has 0 fully saturated rings. The Balaban J connectivity index is 1.40. The van der Waals surface area contributed by atoms with E-state index >= 15 is 0 Å². The SMILES string of the molecule is CC(C)COc1ccc(C(=O)NC(=S)Nc2ccc(OCCOc3ccccc3)cc2)cc1. The number of benzene rings is 3. The number of thiocarbonyl (C=S) groups is 1. The van der Waals surface area contributed by atoms with Crippen molar-refractivity contribution in [2.24, 2.45) is 5.92 Å². The lowest BCUT2D eigenvalue weighted by Gasteiger charge is -2.12. The highest BCUT2D eigenvalue weighted by Gasteiger charge is 2.09. The molecule has 0 unspecified atom stereocenters. The second-order valence-corrected chi connectivity index (χ2v) is 8.08. The molecule has 1 amide bonds. The highest BCUT2D eigenvalue weighted by molar-refractivity contribution is 7.80. The summed E-state index contributed by atoms with van der Waals surface area (Å²) in [5, 5.41) is 5.89. The van der Waals surface area contributed by atoms with E-state index in [2.05, 4.69) is 24.5 Å². The smallest absolute Gasteiger partial charge is 0.257 e. The van der Waals surface area contributed by atoms with Crippen molar-refractivity contribution < 1.29 is 19.0 Å². The van der Waals surface area contributed by atoms with Crippen LogP contribution >= 0.6 is 12.2 Å². The minimum atomic E-state index is -0.290. The standard InChI is InChI=1S/C26H28N2O4S/c1-19(2)18-32-24-12-8-20(9-13-24)25(29)28-26(33)27-21-10-14-23(15-11-21)31-17-16-30-22-6-4-3-5-7-22/h3-15,19H,16-18H2,1-2H3,(H2,27,28,29,33). The molecule has 0 bridgehead atoms. The maximum Gasteiger partial charge on any atom is 0.257 e. The fourth-order valence-corrected chi connectivity index (χ4v) is 2.98. The Kier molecular flexibility index (Phi) is 9.08. The molecular weight excluding hydrogens is 436 g/mol. The molecule has 0 aromatic heterocycles. The monoisotopic (exact) mass is 464 g/mol. The van der Waals surface area contributed by atoms with Gasteiger partial charge in [0.1, 0.15) is 30.5 Å². The molecule has 0 radical (unpaired) electrons. The molecule has 0 atom stereocenters. The molecular formula is C26H28N2O4S. The van der Waals surface area contributed by atoms with Crippen molar-refractivity contribution >= 4 is 28.9 Å². The van der Waals surface area contributed by atoms with Crippen LogP contribution in [0.1, 0.15) is 24.2 Å². The first-order chi connectivity index (χ1) is 16.0. The Labute approximate surface area is 199 Å². The van der Waals surface area contributed by atoms with Crippen molar-refractivity contribution in [1.29, 1.82) is 0 Å². The topological polar surface area (TPSA) is 68.8 Å². The zero-order chi connectivity index (χ0) is 23.5. The van der Waals surface area contributed by atoms with Crippen LogP contribution in [0.15, 0.2) is 78.9 Å². The predicted molar refractivity (Wildman–Crippen MR) is 134 cm³/mol. The first-order valence-corrected chi connectivity index (χ1v) is 11.2. The number of hydrogen-bond donors (Lipinski definition) is 2. The van der Waals surface area contributed by atoms with Crippen LogP contribution in [0.4, 0.5) is 5.69 Å². The van der Waals surface area contributed by atoms with Crippen LogP contribution in [0.5, 0.6) is 17.2 Å². The molecule has 3 aromatic carbocycles. The number of carbonyl (C=O) groups is 1. The van der Waals surface area contributed by atoms with E-state index in [4.69, 9.17) is 26.4 Å². The molecule has 0 saturated heterocycles. The van der Waals surface area contributed by atoms with Gasteiger partial charge in [0.25, 0.3) is 5.91 Å². The lowest BCUT2D eigenvalue weighted by Crippen LogP contribution is -2.34. The van der Waals surface area contributed by atoms with Gasteiger partial charge in [0.05, 0.1) is 6.61 Å². The summed E-state index contributed by atoms with van der Waals surface area (Å²) in [4.78, 5) is 12.4. The van der Waals surface area contributed by atoms with Gasteiger partial charge in [-0.15, -0.1) is 0 Å². The van der Waals surface area contributed by atoms with Crippen molar-refractivity contribution in [3.05, 3.63) is 84.4 Å². The van der Waals surface area contributed by atoms with Crippen LogP contribution in [-0.2, 0) is 0 Å². The number of rotatable bonds is 10. The van der Waals surface area contributed by atoms with Crippen molar-refractivity contribution in [3.8, 4) is 17.2 Å². The predicted octanol–water partition coefficient (Wildman–Crippen LogP) is 5.31. The van der Waals surface area contributed by atoms with E-state index in [1.54, 1.807) is 24.3 Å². The van der Waals surface area contributed by atoms with Crippen LogP contribution < -0.4 is 24.8 Å². The average Bonchev–Trinajstić information content (AvgIpc) is 2.82. The van der Waals surface area contributed by atoms with Gasteiger partial charge in [0.2, 0.25) is 0 Å². The van der Waals surface area contributed by atoms with Crippen molar-refractivity contribution in [2.75, 3.05) is 25.1 Å². The van der Waals surface area contributed by atoms with Gasteiger partial charge < -0.3 is 19.5 Å². The minimum absolute atomic E-state index is 0.213. The van der Waals surface area contributed by atoms with E-state index in [9.17, 15) is 4.79 Å². The molecule has 33 heavy (non-hydrogen) atoms. The first kappa shape index (κ1) is 24.1. The van der Waals surface area contributed by atoms with Gasteiger partial charge in [-0.05, 0) is 78.8 Å². The maximum absolute atomic E-state index is 12.4. The van der Waals surface area contributed by atoms with Crippen molar-refractivity contribution in [3.63, 3.8) is 0 Å². The van der Waals surface area contributed by atoms with Crippen LogP contribution in [0, 0.1) is 5.92 Å². The summed E-state index contributed by atoms with van der Waals surface area (Å²) < 4.78 is 16.9. The summed E-state index contributed by atoms with van der Waals surface area (Å²) in [5.74, 6) is 2.40. The van der Waals surface area contributed by atoms with Crippen molar-refractivity contribution in [1.82, 2.24) is 5.32 Å². The van der Waals surface area contributed by atoms with Gasteiger partial charge in [-0.3, -0.25) is 10.1 Å². The third kappa shape index (κ3) is 8.46. The number of carbonyl (C=O) groups excluding carboxylic acids is 1. The highest BCUT2D eigenvalue weighted by atomic mass is 32.1. The maximum atomic E-state index is 12.4. The summed E-state index contributed by atoms with van der Waals surface area (Å²) in [6.45, 7) is 5.67. The molecule has 7 heteroatoms. The van der Waals surface area contributed by atoms with Gasteiger partial charge in [-0.1, -0.05) is 32.0 Å². The highest BCUT2D eigenvalue weighted by Crippen LogP contribution is 2.16. The Bertz CT molecular complexity index is 1020. The Morgan fingerprint density at radius 1 is 0.788 bits per heavy atom. The Hall–Kier alpha value is -3.58. The van der Waals surface area contributed by atoms with Crippen LogP contribution in [0.2, 0.25) is 0 Å². The quantitative estimate of drug-likeness (QED) is 0.313. The molecule has 0 aliphatic heterocycles. The van der Waals surface area contributed by atoms with E-state index in [0.29, 0.717) is 37.1 Å². The number of anilines is 1. The molecule has 3 aromatic rings. The minimum Gasteiger partial charge on any atom is -0.493 e. The third-order valence-electron chi connectivity index (χ3n) is 4.40. The number of para-hydroxylation sites is 1. The molecule has 0 spiro atoms. The summed E-state index contributed by atoms with van der Waals surface area (Å²) >= 11 is 5.26. The molecule has 2 N–H and O–H groups in total. The summed E-state index contributed by atoms with van der Waals surface area (Å²) in [7, 11) is 0. The van der Waals surface area contributed by atoms with E-state index in [1.165, 1.54) is 0 Å². The summed E-state index contributed by atoms with van der Waals surface area (Å²) in [6.07, 6.45) is 0. The van der Waals surface area contributed by atoms with Gasteiger partial charge in [0, 0.05) is 11.3 Å². The van der Waals surface area contributed by atoms with E-state index < -0.39 is 0 Å². The number of hydrogen-bond acceptors (Lipinski definition) is 5. The number of nitrogens with one attached hydrogen (secondary N) is 2. The summed E-state index contributed by atoms with van der Waals surface area (Å²) in [5.41, 5.74) is 1.24. The first-order valence-electron chi connectivity index (χ1n) is 10.8. The molecule has 0 aliphatic rings. The third-order valence-corrected chi connectivity index (χ3v) is 4.61. The zero-order valence-corrected chi connectivity index (χ0v) is 19.6. The number of ether oxygens (including phenoxy) is 3. The van der Waals surface area contributed by atoms with Gasteiger partial charge >= 0.3 is 0 Å². The zero-order valence-electron chi connectivity index (χ0n) is 18.7. The molecule has 172 valence electrons. The molecule has 3 rings (SSSR count). The Morgan fingerprint density at radius 3 is 1.94 bits per heavy atom. The molecule has 6 nitrogen and oxygen atoms in total. The van der Waals surface area contributed by atoms with Crippen LogP contribution in [0.25, 0.3) is 0 Å². The van der Waals surface area contributed by atoms with Crippen LogP contribution in [-0.4, -0.2) is 30.8 Å². The lowest BCUT2D eigenvalue weighted by atomic mass is 10.2. The second kappa shape index (κ2) is 12.5. The van der Waals surface area contributed by atoms with Gasteiger partial charge in [-0.2, -0.15) is 0 Å². The lowest BCUT2D eigenvalue weighted by molar-refractivity contribution is 0.0977. The van der Waals surface area contributed by atoms with E-state index in [-0.39, 0.29) is 11.0 Å². The van der Waals surface area contributed by atoms with Gasteiger partial charge in [-0.25, -0.2) is 0 Å². The second-order valence-electron chi connectivity index (χ2n) is 7.67. The number of amides is 1. The summed E-state index contributed by atoms with van der Waals surface area (Å²) in [6, 6.07) is 23.9.